The quantitative estimate of drug-likeness (QED) is 0.719. The normalized spacial score (nSPS) is 12.2. The summed E-state index contributed by atoms with van der Waals surface area (Å²) in [4.78, 5) is 25.3. The zero-order valence-corrected chi connectivity index (χ0v) is 16.9. The van der Waals surface area contributed by atoms with Gasteiger partial charge in [0, 0.05) is 23.5 Å². The number of thiazole rings is 1. The molecule has 1 aromatic carbocycles. The fourth-order valence-corrected chi connectivity index (χ4v) is 3.83. The summed E-state index contributed by atoms with van der Waals surface area (Å²) in [7, 11) is 0. The Hall–Kier alpha value is -1.30. The lowest BCUT2D eigenvalue weighted by molar-refractivity contribution is -0.122. The van der Waals surface area contributed by atoms with Crippen molar-refractivity contribution in [2.75, 3.05) is 0 Å². The van der Waals surface area contributed by atoms with Crippen LogP contribution in [0.2, 0.25) is 10.0 Å². The smallest absolute Gasteiger partial charge is 0.307 e. The lowest BCUT2D eigenvalue weighted by atomic mass is 10.0. The molecule has 2 rings (SSSR count). The third kappa shape index (κ3) is 5.09. The van der Waals surface area contributed by atoms with E-state index in [1.54, 1.807) is 16.7 Å². The number of carbonyl (C=O) groups is 1. The second-order valence-corrected chi connectivity index (χ2v) is 7.97. The fourth-order valence-electron chi connectivity index (χ4n) is 2.67. The fraction of sp³-hybridized carbons (Fsp3) is 0.444. The summed E-state index contributed by atoms with van der Waals surface area (Å²) in [6.07, 6.45) is 1.99. The molecule has 136 valence electrons. The maximum atomic E-state index is 12.4. The van der Waals surface area contributed by atoms with Gasteiger partial charge in [-0.2, -0.15) is 0 Å². The van der Waals surface area contributed by atoms with E-state index in [1.807, 2.05) is 19.9 Å². The van der Waals surface area contributed by atoms with Crippen LogP contribution in [0.3, 0.4) is 0 Å². The van der Waals surface area contributed by atoms with Gasteiger partial charge in [0.2, 0.25) is 5.91 Å². The molecule has 2 aromatic rings. The molecule has 0 spiro atoms. The molecule has 0 aliphatic rings. The van der Waals surface area contributed by atoms with E-state index >= 15 is 0 Å². The van der Waals surface area contributed by atoms with Crippen LogP contribution in [0.15, 0.2) is 23.0 Å². The second kappa shape index (κ2) is 8.88. The molecule has 0 fully saturated rings. The Labute approximate surface area is 161 Å². The summed E-state index contributed by atoms with van der Waals surface area (Å²) < 4.78 is 1.66. The van der Waals surface area contributed by atoms with Crippen molar-refractivity contribution in [3.05, 3.63) is 54.0 Å². The van der Waals surface area contributed by atoms with Crippen LogP contribution < -0.4 is 10.2 Å². The number of hydrogen-bond acceptors (Lipinski definition) is 3. The van der Waals surface area contributed by atoms with Gasteiger partial charge < -0.3 is 9.88 Å². The van der Waals surface area contributed by atoms with E-state index in [4.69, 9.17) is 23.2 Å². The topological polar surface area (TPSA) is 51.1 Å². The first-order chi connectivity index (χ1) is 11.8. The van der Waals surface area contributed by atoms with Crippen LogP contribution in [0.4, 0.5) is 0 Å². The molecular weight excluding hydrogens is 379 g/mol. The maximum Gasteiger partial charge on any atom is 0.307 e. The van der Waals surface area contributed by atoms with Crippen LogP contribution in [0, 0.1) is 13.8 Å². The first-order valence-electron chi connectivity index (χ1n) is 8.24. The zero-order valence-electron chi connectivity index (χ0n) is 14.6. The molecule has 0 aliphatic heterocycles. The Morgan fingerprint density at radius 2 is 2.00 bits per heavy atom. The van der Waals surface area contributed by atoms with Gasteiger partial charge in [-0.05, 0) is 38.0 Å². The van der Waals surface area contributed by atoms with Crippen molar-refractivity contribution in [1.82, 2.24) is 9.88 Å². The molecule has 1 heterocycles. The summed E-state index contributed by atoms with van der Waals surface area (Å²) in [5.41, 5.74) is 1.86. The Morgan fingerprint density at radius 1 is 1.28 bits per heavy atom. The summed E-state index contributed by atoms with van der Waals surface area (Å²) in [5, 5.41) is 4.02. The van der Waals surface area contributed by atoms with E-state index < -0.39 is 0 Å². The van der Waals surface area contributed by atoms with E-state index in [0.29, 0.717) is 16.6 Å². The van der Waals surface area contributed by atoms with E-state index in [0.717, 1.165) is 29.0 Å². The molecular formula is C18H22Cl2N2O2S. The van der Waals surface area contributed by atoms with Gasteiger partial charge in [-0.1, -0.05) is 53.9 Å². The molecule has 1 N–H and O–H groups in total. The maximum absolute atomic E-state index is 12.4. The summed E-state index contributed by atoms with van der Waals surface area (Å²) in [5.74, 6) is -0.0836. The van der Waals surface area contributed by atoms with Crippen LogP contribution in [-0.4, -0.2) is 10.5 Å². The number of amides is 1. The highest BCUT2D eigenvalue weighted by Crippen LogP contribution is 2.27. The Morgan fingerprint density at radius 3 is 2.56 bits per heavy atom. The minimum Gasteiger partial charge on any atom is -0.349 e. The molecule has 7 heteroatoms. The van der Waals surface area contributed by atoms with E-state index in [9.17, 15) is 9.59 Å². The predicted molar refractivity (Wildman–Crippen MR) is 105 cm³/mol. The van der Waals surface area contributed by atoms with Crippen molar-refractivity contribution >= 4 is 40.4 Å². The van der Waals surface area contributed by atoms with Gasteiger partial charge in [0.1, 0.15) is 0 Å². The van der Waals surface area contributed by atoms with Crippen LogP contribution in [0.1, 0.15) is 48.4 Å². The monoisotopic (exact) mass is 400 g/mol. The Bertz CT molecular complexity index is 814. The summed E-state index contributed by atoms with van der Waals surface area (Å²) in [6.45, 7) is 6.27. The number of aromatic nitrogens is 1. The van der Waals surface area contributed by atoms with E-state index in [1.165, 1.54) is 11.3 Å². The van der Waals surface area contributed by atoms with Gasteiger partial charge in [-0.15, -0.1) is 0 Å². The Kier molecular flexibility index (Phi) is 7.11. The highest BCUT2D eigenvalue weighted by molar-refractivity contribution is 7.09. The lowest BCUT2D eigenvalue weighted by Gasteiger charge is -2.19. The van der Waals surface area contributed by atoms with Gasteiger partial charge in [-0.3, -0.25) is 9.59 Å². The molecule has 1 amide bonds. The standard InChI is InChI=1S/C18H22Cl2N2O2S/c1-4-5-16(13-6-7-14(19)15(20)10-13)21-17(23)8-9-22-11(2)12(3)25-18(22)24/h6-7,10,16H,4-5,8-9H2,1-3H3,(H,21,23). The molecule has 0 saturated carbocycles. The van der Waals surface area contributed by atoms with Gasteiger partial charge in [0.05, 0.1) is 16.1 Å². The van der Waals surface area contributed by atoms with Gasteiger partial charge in [0.15, 0.2) is 0 Å². The van der Waals surface area contributed by atoms with Crippen molar-refractivity contribution in [3.63, 3.8) is 0 Å². The minimum atomic E-state index is -0.116. The average molecular weight is 401 g/mol. The molecule has 1 atom stereocenters. The first-order valence-corrected chi connectivity index (χ1v) is 9.81. The molecule has 4 nitrogen and oxygen atoms in total. The van der Waals surface area contributed by atoms with Crippen molar-refractivity contribution in [2.24, 2.45) is 0 Å². The van der Waals surface area contributed by atoms with Crippen LogP contribution in [-0.2, 0) is 11.3 Å². The highest BCUT2D eigenvalue weighted by atomic mass is 35.5. The average Bonchev–Trinajstić information content (AvgIpc) is 2.80. The van der Waals surface area contributed by atoms with Crippen molar-refractivity contribution < 1.29 is 4.79 Å². The van der Waals surface area contributed by atoms with E-state index in [2.05, 4.69) is 12.2 Å². The number of rotatable bonds is 7. The molecule has 0 bridgehead atoms. The third-order valence-electron chi connectivity index (χ3n) is 4.20. The summed E-state index contributed by atoms with van der Waals surface area (Å²) in [6, 6.07) is 5.30. The number of aryl methyl sites for hydroxylation is 1. The third-order valence-corrected chi connectivity index (χ3v) is 5.93. The molecule has 0 radical (unpaired) electrons. The first kappa shape index (κ1) is 20.0. The van der Waals surface area contributed by atoms with Gasteiger partial charge >= 0.3 is 4.87 Å². The largest absolute Gasteiger partial charge is 0.349 e. The van der Waals surface area contributed by atoms with Crippen molar-refractivity contribution in [1.29, 1.82) is 0 Å². The van der Waals surface area contributed by atoms with Gasteiger partial charge in [-0.25, -0.2) is 0 Å². The van der Waals surface area contributed by atoms with Gasteiger partial charge in [0.25, 0.3) is 0 Å². The molecule has 25 heavy (non-hydrogen) atoms. The number of hydrogen-bond donors (Lipinski definition) is 1. The molecule has 0 aliphatic carbocycles. The number of nitrogens with one attached hydrogen (secondary N) is 1. The van der Waals surface area contributed by atoms with Crippen molar-refractivity contribution in [3.8, 4) is 0 Å². The molecule has 1 aromatic heterocycles. The number of carbonyl (C=O) groups excluding carboxylic acids is 1. The SMILES string of the molecule is CCCC(NC(=O)CCn1c(C)c(C)sc1=O)c1ccc(Cl)c(Cl)c1. The predicted octanol–water partition coefficient (Wildman–Crippen LogP) is 4.88. The number of nitrogens with zero attached hydrogens (tertiary/aromatic N) is 1. The van der Waals surface area contributed by atoms with Crippen molar-refractivity contribution in [2.45, 2.75) is 52.6 Å². The zero-order chi connectivity index (χ0) is 18.6. The van der Waals surface area contributed by atoms with Crippen LogP contribution in [0.5, 0.6) is 0 Å². The molecule has 0 saturated heterocycles. The summed E-state index contributed by atoms with van der Waals surface area (Å²) >= 11 is 13.3. The Balaban J connectivity index is 2.04. The lowest BCUT2D eigenvalue weighted by Crippen LogP contribution is -2.30. The van der Waals surface area contributed by atoms with Crippen LogP contribution in [0.25, 0.3) is 0 Å². The number of benzene rings is 1. The molecule has 1 unspecified atom stereocenters. The highest BCUT2D eigenvalue weighted by Gasteiger charge is 2.16. The minimum absolute atomic E-state index is 0.0163. The second-order valence-electron chi connectivity index (χ2n) is 5.99. The van der Waals surface area contributed by atoms with E-state index in [-0.39, 0.29) is 23.2 Å². The number of halogens is 2. The van der Waals surface area contributed by atoms with Crippen LogP contribution >= 0.6 is 34.5 Å².